The number of sulfone groups is 1. The Balaban J connectivity index is 2.22. The zero-order valence-electron chi connectivity index (χ0n) is 14.4. The minimum Gasteiger partial charge on any atom is -0.355 e. The maximum Gasteiger partial charge on any atom is 0.238 e. The number of amides is 1. The standard InChI is InChI=1S/C17H23N3O3S/c1-11(2)9-18-17(21)13(4)24(22,23)10-16-12(3)19-14-7-5-6-8-15(14)20-16/h5-8,11,13H,9-10H2,1-4H3,(H,18,21). The van der Waals surface area contributed by atoms with Crippen molar-refractivity contribution in [3.8, 4) is 0 Å². The Hall–Kier alpha value is -2.02. The highest BCUT2D eigenvalue weighted by molar-refractivity contribution is 7.92. The van der Waals surface area contributed by atoms with Gasteiger partial charge >= 0.3 is 0 Å². The molecular formula is C17H23N3O3S. The normalized spacial score (nSPS) is 13.2. The number of rotatable bonds is 6. The molecule has 0 aliphatic heterocycles. The van der Waals surface area contributed by atoms with Gasteiger partial charge in [0, 0.05) is 6.54 Å². The lowest BCUT2D eigenvalue weighted by molar-refractivity contribution is -0.120. The number of para-hydroxylation sites is 2. The molecule has 0 saturated heterocycles. The van der Waals surface area contributed by atoms with E-state index >= 15 is 0 Å². The van der Waals surface area contributed by atoms with Crippen LogP contribution >= 0.6 is 0 Å². The lowest BCUT2D eigenvalue weighted by Gasteiger charge is -2.15. The van der Waals surface area contributed by atoms with Crippen LogP contribution in [0.2, 0.25) is 0 Å². The Bertz CT molecular complexity index is 847. The number of hydrogen-bond donors (Lipinski definition) is 1. The third-order valence-corrected chi connectivity index (χ3v) is 5.74. The van der Waals surface area contributed by atoms with Crippen molar-refractivity contribution in [1.82, 2.24) is 15.3 Å². The van der Waals surface area contributed by atoms with Crippen LogP contribution in [0.15, 0.2) is 24.3 Å². The first-order valence-electron chi connectivity index (χ1n) is 7.92. The highest BCUT2D eigenvalue weighted by atomic mass is 32.2. The number of hydrogen-bond acceptors (Lipinski definition) is 5. The summed E-state index contributed by atoms with van der Waals surface area (Å²) in [5.74, 6) is -0.514. The molecule has 0 fully saturated rings. The second-order valence-corrected chi connectivity index (χ2v) is 8.65. The first-order valence-corrected chi connectivity index (χ1v) is 9.64. The van der Waals surface area contributed by atoms with Crippen molar-refractivity contribution >= 4 is 26.8 Å². The lowest BCUT2D eigenvalue weighted by atomic mass is 10.2. The van der Waals surface area contributed by atoms with Gasteiger partial charge in [-0.05, 0) is 31.9 Å². The molecule has 6 nitrogen and oxygen atoms in total. The second kappa shape index (κ2) is 7.25. The van der Waals surface area contributed by atoms with E-state index in [0.29, 0.717) is 23.4 Å². The van der Waals surface area contributed by atoms with E-state index in [1.165, 1.54) is 6.92 Å². The van der Waals surface area contributed by atoms with Gasteiger partial charge in [-0.15, -0.1) is 0 Å². The van der Waals surface area contributed by atoms with E-state index in [-0.39, 0.29) is 11.7 Å². The van der Waals surface area contributed by atoms with Crippen LogP contribution < -0.4 is 5.32 Å². The number of aromatic nitrogens is 2. The number of nitrogens with one attached hydrogen (secondary N) is 1. The fourth-order valence-corrected chi connectivity index (χ4v) is 3.50. The van der Waals surface area contributed by atoms with E-state index in [0.717, 1.165) is 5.52 Å². The van der Waals surface area contributed by atoms with E-state index in [1.54, 1.807) is 13.0 Å². The van der Waals surface area contributed by atoms with E-state index in [9.17, 15) is 13.2 Å². The van der Waals surface area contributed by atoms with Gasteiger partial charge in [0.15, 0.2) is 9.84 Å². The average molecular weight is 349 g/mol. The molecule has 1 amide bonds. The lowest BCUT2D eigenvalue weighted by Crippen LogP contribution is -2.40. The van der Waals surface area contributed by atoms with Crippen molar-refractivity contribution in [1.29, 1.82) is 0 Å². The highest BCUT2D eigenvalue weighted by Crippen LogP contribution is 2.16. The number of nitrogens with zero attached hydrogens (tertiary/aromatic N) is 2. The Labute approximate surface area is 142 Å². The SMILES string of the molecule is Cc1nc2ccccc2nc1CS(=O)(=O)C(C)C(=O)NCC(C)C. The highest BCUT2D eigenvalue weighted by Gasteiger charge is 2.29. The number of fused-ring (bicyclic) bond motifs is 1. The van der Waals surface area contributed by atoms with Gasteiger partial charge in [0.25, 0.3) is 0 Å². The topological polar surface area (TPSA) is 89.0 Å². The van der Waals surface area contributed by atoms with Crippen molar-refractivity contribution in [2.75, 3.05) is 6.54 Å². The second-order valence-electron chi connectivity index (χ2n) is 6.33. The largest absolute Gasteiger partial charge is 0.355 e. The molecule has 0 saturated carbocycles. The summed E-state index contributed by atoms with van der Waals surface area (Å²) in [6.07, 6.45) is 0. The van der Waals surface area contributed by atoms with Crippen LogP contribution in [0.4, 0.5) is 0 Å². The zero-order chi connectivity index (χ0) is 17.9. The Kier molecular flexibility index (Phi) is 5.54. The fourth-order valence-electron chi connectivity index (χ4n) is 2.19. The van der Waals surface area contributed by atoms with Crippen molar-refractivity contribution in [3.63, 3.8) is 0 Å². The van der Waals surface area contributed by atoms with Gasteiger partial charge in [0.05, 0.1) is 28.2 Å². The monoisotopic (exact) mass is 349 g/mol. The molecule has 1 aromatic carbocycles. The molecule has 1 heterocycles. The summed E-state index contributed by atoms with van der Waals surface area (Å²) in [7, 11) is -3.67. The third-order valence-electron chi connectivity index (χ3n) is 3.77. The average Bonchev–Trinajstić information content (AvgIpc) is 2.52. The molecule has 2 rings (SSSR count). The Morgan fingerprint density at radius 1 is 1.12 bits per heavy atom. The van der Waals surface area contributed by atoms with E-state index in [2.05, 4.69) is 15.3 Å². The number of carbonyl (C=O) groups is 1. The predicted octanol–water partition coefficient (Wildman–Crippen LogP) is 2.01. The number of aryl methyl sites for hydroxylation is 1. The van der Waals surface area contributed by atoms with E-state index in [1.807, 2.05) is 32.0 Å². The summed E-state index contributed by atoms with van der Waals surface area (Å²) in [6.45, 7) is 7.50. The molecule has 7 heteroatoms. The van der Waals surface area contributed by atoms with Gasteiger partial charge in [-0.1, -0.05) is 26.0 Å². The molecule has 24 heavy (non-hydrogen) atoms. The van der Waals surface area contributed by atoms with Gasteiger partial charge in [-0.2, -0.15) is 0 Å². The molecule has 130 valence electrons. The van der Waals surface area contributed by atoms with Gasteiger partial charge in [0.1, 0.15) is 5.25 Å². The Morgan fingerprint density at radius 3 is 2.29 bits per heavy atom. The molecule has 0 aliphatic carbocycles. The summed E-state index contributed by atoms with van der Waals surface area (Å²) >= 11 is 0. The third kappa shape index (κ3) is 4.29. The number of benzene rings is 1. The van der Waals surface area contributed by atoms with Crippen molar-refractivity contribution in [2.45, 2.75) is 38.7 Å². The maximum absolute atomic E-state index is 12.5. The van der Waals surface area contributed by atoms with Crippen LogP contribution in [-0.2, 0) is 20.4 Å². The first kappa shape index (κ1) is 18.3. The molecule has 0 spiro atoms. The fraction of sp³-hybridized carbons (Fsp3) is 0.471. The van der Waals surface area contributed by atoms with E-state index < -0.39 is 21.0 Å². The zero-order valence-corrected chi connectivity index (χ0v) is 15.2. The molecule has 0 radical (unpaired) electrons. The van der Waals surface area contributed by atoms with Gasteiger partial charge < -0.3 is 5.32 Å². The summed E-state index contributed by atoms with van der Waals surface area (Å²) in [4.78, 5) is 20.9. The van der Waals surface area contributed by atoms with Crippen LogP contribution in [0.3, 0.4) is 0 Å². The van der Waals surface area contributed by atoms with E-state index in [4.69, 9.17) is 0 Å². The molecule has 1 aromatic heterocycles. The molecular weight excluding hydrogens is 326 g/mol. The molecule has 0 aliphatic rings. The summed E-state index contributed by atoms with van der Waals surface area (Å²) in [6, 6.07) is 7.30. The van der Waals surface area contributed by atoms with Crippen LogP contribution in [0, 0.1) is 12.8 Å². The molecule has 2 aromatic rings. The van der Waals surface area contributed by atoms with Crippen LogP contribution in [0.1, 0.15) is 32.2 Å². The molecule has 1 N–H and O–H groups in total. The quantitative estimate of drug-likeness (QED) is 0.862. The van der Waals surface area contributed by atoms with Gasteiger partial charge in [-0.3, -0.25) is 4.79 Å². The molecule has 1 unspecified atom stereocenters. The van der Waals surface area contributed by atoms with Crippen molar-refractivity contribution in [2.24, 2.45) is 5.92 Å². The summed E-state index contributed by atoms with van der Waals surface area (Å²) < 4.78 is 25.1. The molecule has 0 bridgehead atoms. The van der Waals surface area contributed by atoms with Crippen LogP contribution in [-0.4, -0.2) is 36.1 Å². The molecule has 1 atom stereocenters. The summed E-state index contributed by atoms with van der Waals surface area (Å²) in [5, 5.41) is 1.54. The summed E-state index contributed by atoms with van der Waals surface area (Å²) in [5.41, 5.74) is 2.31. The van der Waals surface area contributed by atoms with Crippen LogP contribution in [0.25, 0.3) is 11.0 Å². The smallest absolute Gasteiger partial charge is 0.238 e. The number of carbonyl (C=O) groups excluding carboxylic acids is 1. The van der Waals surface area contributed by atoms with Crippen molar-refractivity contribution < 1.29 is 13.2 Å². The first-order chi connectivity index (χ1) is 11.2. The van der Waals surface area contributed by atoms with Crippen LogP contribution in [0.5, 0.6) is 0 Å². The maximum atomic E-state index is 12.5. The van der Waals surface area contributed by atoms with Gasteiger partial charge in [-0.25, -0.2) is 18.4 Å². The predicted molar refractivity (Wildman–Crippen MR) is 94.2 cm³/mol. The minimum absolute atomic E-state index is 0.262. The minimum atomic E-state index is -3.67. The van der Waals surface area contributed by atoms with Crippen molar-refractivity contribution in [3.05, 3.63) is 35.7 Å². The van der Waals surface area contributed by atoms with Gasteiger partial charge in [0.2, 0.25) is 5.91 Å². The Morgan fingerprint density at radius 2 is 1.71 bits per heavy atom.